The number of ether oxygens (including phenoxy) is 2. The molecule has 0 aliphatic rings. The number of rotatable bonds is 8. The summed E-state index contributed by atoms with van der Waals surface area (Å²) in [6.45, 7) is 2.78. The molecule has 0 spiro atoms. The molecule has 0 bridgehead atoms. The predicted octanol–water partition coefficient (Wildman–Crippen LogP) is -0.575. The van der Waals surface area contributed by atoms with Gasteiger partial charge < -0.3 is 15.2 Å². The number of sulfonamides is 1. The minimum atomic E-state index is -3.70. The van der Waals surface area contributed by atoms with Crippen molar-refractivity contribution in [3.63, 3.8) is 0 Å². The summed E-state index contributed by atoms with van der Waals surface area (Å²) >= 11 is 0. The van der Waals surface area contributed by atoms with Crippen molar-refractivity contribution in [2.75, 3.05) is 33.1 Å². The number of nitrogens with zero attached hydrogens (tertiary/aromatic N) is 2. The van der Waals surface area contributed by atoms with E-state index in [1.807, 2.05) is 6.92 Å². The fraction of sp³-hybridized carbons (Fsp3) is 0.700. The van der Waals surface area contributed by atoms with Gasteiger partial charge in [-0.15, -0.1) is 0 Å². The third kappa shape index (κ3) is 4.16. The van der Waals surface area contributed by atoms with E-state index < -0.39 is 10.0 Å². The summed E-state index contributed by atoms with van der Waals surface area (Å²) in [5.41, 5.74) is 5.59. The molecule has 1 aromatic rings. The highest BCUT2D eigenvalue weighted by molar-refractivity contribution is 7.89. The molecule has 19 heavy (non-hydrogen) atoms. The summed E-state index contributed by atoms with van der Waals surface area (Å²) < 4.78 is 38.0. The SMILES string of the molecule is CCn1cc(S(=O)(=O)NCC(COC)OC)c(N)n1. The molecule has 0 radical (unpaired) electrons. The lowest BCUT2D eigenvalue weighted by Crippen LogP contribution is -2.35. The lowest BCUT2D eigenvalue weighted by Gasteiger charge is -2.14. The van der Waals surface area contributed by atoms with Crippen LogP contribution in [-0.4, -0.2) is 51.7 Å². The van der Waals surface area contributed by atoms with Gasteiger partial charge in [0.15, 0.2) is 5.82 Å². The van der Waals surface area contributed by atoms with Crippen molar-refractivity contribution in [2.24, 2.45) is 0 Å². The number of hydrogen-bond acceptors (Lipinski definition) is 6. The molecule has 0 saturated heterocycles. The van der Waals surface area contributed by atoms with E-state index in [0.717, 1.165) is 0 Å². The zero-order chi connectivity index (χ0) is 14.5. The van der Waals surface area contributed by atoms with Crippen LogP contribution in [0.1, 0.15) is 6.92 Å². The van der Waals surface area contributed by atoms with Crippen LogP contribution < -0.4 is 10.5 Å². The van der Waals surface area contributed by atoms with Gasteiger partial charge in [0.2, 0.25) is 10.0 Å². The second kappa shape index (κ2) is 6.85. The topological polar surface area (TPSA) is 108 Å². The number of hydrogen-bond donors (Lipinski definition) is 2. The second-order valence-corrected chi connectivity index (χ2v) is 5.63. The lowest BCUT2D eigenvalue weighted by molar-refractivity contribution is 0.0320. The van der Waals surface area contributed by atoms with Crippen LogP contribution in [0.2, 0.25) is 0 Å². The monoisotopic (exact) mass is 292 g/mol. The Balaban J connectivity index is 2.77. The maximum absolute atomic E-state index is 12.1. The van der Waals surface area contributed by atoms with Gasteiger partial charge in [0.25, 0.3) is 0 Å². The first kappa shape index (κ1) is 15.9. The molecular weight excluding hydrogens is 272 g/mol. The molecule has 0 amide bonds. The van der Waals surface area contributed by atoms with E-state index in [0.29, 0.717) is 13.2 Å². The first-order chi connectivity index (χ1) is 8.94. The van der Waals surface area contributed by atoms with Crippen LogP contribution in [0, 0.1) is 0 Å². The van der Waals surface area contributed by atoms with E-state index in [4.69, 9.17) is 15.2 Å². The van der Waals surface area contributed by atoms with Crippen molar-refractivity contribution in [2.45, 2.75) is 24.5 Å². The maximum Gasteiger partial charge on any atom is 0.245 e. The highest BCUT2D eigenvalue weighted by atomic mass is 32.2. The normalized spacial score (nSPS) is 13.6. The van der Waals surface area contributed by atoms with Gasteiger partial charge in [0.05, 0.1) is 12.7 Å². The third-order valence-corrected chi connectivity index (χ3v) is 4.00. The molecule has 1 atom stereocenters. The molecule has 0 aromatic carbocycles. The molecular formula is C10H20N4O4S. The number of methoxy groups -OCH3 is 2. The summed E-state index contributed by atoms with van der Waals surface area (Å²) in [7, 11) is -0.692. The van der Waals surface area contributed by atoms with Crippen LogP contribution in [-0.2, 0) is 26.0 Å². The Morgan fingerprint density at radius 1 is 1.53 bits per heavy atom. The summed E-state index contributed by atoms with van der Waals surface area (Å²) in [6, 6.07) is 0. The average Bonchev–Trinajstić information content (AvgIpc) is 2.76. The summed E-state index contributed by atoms with van der Waals surface area (Å²) in [4.78, 5) is -0.0263. The van der Waals surface area contributed by atoms with Crippen LogP contribution in [0.4, 0.5) is 5.82 Å². The van der Waals surface area contributed by atoms with Gasteiger partial charge in [0, 0.05) is 33.5 Å². The third-order valence-electron chi connectivity index (χ3n) is 2.56. The molecule has 0 saturated carbocycles. The fourth-order valence-corrected chi connectivity index (χ4v) is 2.60. The van der Waals surface area contributed by atoms with Crippen molar-refractivity contribution < 1.29 is 17.9 Å². The Morgan fingerprint density at radius 3 is 2.68 bits per heavy atom. The van der Waals surface area contributed by atoms with Gasteiger partial charge >= 0.3 is 0 Å². The molecule has 3 N–H and O–H groups in total. The number of nitrogens with two attached hydrogens (primary N) is 1. The van der Waals surface area contributed by atoms with E-state index in [-0.39, 0.29) is 23.4 Å². The largest absolute Gasteiger partial charge is 0.382 e. The van der Waals surface area contributed by atoms with Crippen molar-refractivity contribution in [3.8, 4) is 0 Å². The molecule has 1 aromatic heterocycles. The van der Waals surface area contributed by atoms with Gasteiger partial charge in [-0.05, 0) is 6.92 Å². The van der Waals surface area contributed by atoms with E-state index in [1.165, 1.54) is 25.1 Å². The molecule has 1 rings (SSSR count). The minimum Gasteiger partial charge on any atom is -0.382 e. The summed E-state index contributed by atoms with van der Waals surface area (Å²) in [5, 5.41) is 3.90. The maximum atomic E-state index is 12.1. The van der Waals surface area contributed by atoms with E-state index >= 15 is 0 Å². The molecule has 8 nitrogen and oxygen atoms in total. The van der Waals surface area contributed by atoms with Gasteiger partial charge in [-0.1, -0.05) is 0 Å². The highest BCUT2D eigenvalue weighted by Gasteiger charge is 2.22. The zero-order valence-electron chi connectivity index (χ0n) is 11.3. The number of aromatic nitrogens is 2. The Morgan fingerprint density at radius 2 is 2.21 bits per heavy atom. The lowest BCUT2D eigenvalue weighted by atomic mass is 10.4. The summed E-state index contributed by atoms with van der Waals surface area (Å²) in [6.07, 6.45) is 1.04. The van der Waals surface area contributed by atoms with Crippen molar-refractivity contribution in [3.05, 3.63) is 6.20 Å². The van der Waals surface area contributed by atoms with E-state index in [2.05, 4.69) is 9.82 Å². The van der Waals surface area contributed by atoms with Crippen LogP contribution in [0.25, 0.3) is 0 Å². The zero-order valence-corrected chi connectivity index (χ0v) is 12.1. The Hall–Kier alpha value is -1.16. The van der Waals surface area contributed by atoms with E-state index in [9.17, 15) is 8.42 Å². The van der Waals surface area contributed by atoms with Crippen LogP contribution in [0.15, 0.2) is 11.1 Å². The smallest absolute Gasteiger partial charge is 0.245 e. The number of anilines is 1. The Labute approximate surface area is 112 Å². The fourth-order valence-electron chi connectivity index (χ4n) is 1.46. The van der Waals surface area contributed by atoms with Crippen LogP contribution in [0.3, 0.4) is 0 Å². The molecule has 0 aliphatic heterocycles. The molecule has 0 aliphatic carbocycles. The first-order valence-corrected chi connectivity index (χ1v) is 7.27. The number of aryl methyl sites for hydroxylation is 1. The predicted molar refractivity (Wildman–Crippen MR) is 70.2 cm³/mol. The molecule has 110 valence electrons. The van der Waals surface area contributed by atoms with Gasteiger partial charge in [-0.3, -0.25) is 4.68 Å². The van der Waals surface area contributed by atoms with Gasteiger partial charge in [-0.25, -0.2) is 13.1 Å². The second-order valence-electron chi connectivity index (χ2n) is 3.90. The first-order valence-electron chi connectivity index (χ1n) is 5.78. The quantitative estimate of drug-likeness (QED) is 0.664. The van der Waals surface area contributed by atoms with Crippen molar-refractivity contribution >= 4 is 15.8 Å². The van der Waals surface area contributed by atoms with Crippen LogP contribution in [0.5, 0.6) is 0 Å². The number of nitrogen functional groups attached to an aromatic ring is 1. The standard InChI is InChI=1S/C10H20N4O4S/c1-4-14-6-9(10(11)13-14)19(15,16)12-5-8(18-3)7-17-2/h6,8,12H,4-5,7H2,1-3H3,(H2,11,13). The van der Waals surface area contributed by atoms with Crippen LogP contribution >= 0.6 is 0 Å². The average molecular weight is 292 g/mol. The number of nitrogens with one attached hydrogen (secondary N) is 1. The molecule has 1 unspecified atom stereocenters. The molecule has 0 fully saturated rings. The van der Waals surface area contributed by atoms with Crippen molar-refractivity contribution in [1.29, 1.82) is 0 Å². The Bertz CT molecular complexity index is 500. The summed E-state index contributed by atoms with van der Waals surface area (Å²) in [5.74, 6) is -0.0185. The van der Waals surface area contributed by atoms with Gasteiger partial charge in [-0.2, -0.15) is 5.10 Å². The minimum absolute atomic E-state index is 0.0185. The molecule has 9 heteroatoms. The van der Waals surface area contributed by atoms with E-state index in [1.54, 1.807) is 0 Å². The van der Waals surface area contributed by atoms with Gasteiger partial charge in [0.1, 0.15) is 4.90 Å². The van der Waals surface area contributed by atoms with Crippen molar-refractivity contribution in [1.82, 2.24) is 14.5 Å². The molecule has 1 heterocycles. The highest BCUT2D eigenvalue weighted by Crippen LogP contribution is 2.15. The Kier molecular flexibility index (Phi) is 5.73.